The van der Waals surface area contributed by atoms with E-state index in [4.69, 9.17) is 5.11 Å². The molecule has 1 aromatic heterocycles. The highest BCUT2D eigenvalue weighted by Gasteiger charge is 2.34. The summed E-state index contributed by atoms with van der Waals surface area (Å²) < 4.78 is 37.0. The molecule has 1 N–H and O–H groups in total. The maximum absolute atomic E-state index is 12.0. The lowest BCUT2D eigenvalue weighted by molar-refractivity contribution is -0.141. The van der Waals surface area contributed by atoms with E-state index < -0.39 is 18.5 Å². The smallest absolute Gasteiger partial charge is 0.388 e. The minimum absolute atomic E-state index is 0.00215. The van der Waals surface area contributed by atoms with Gasteiger partial charge in [-0.1, -0.05) is 0 Å². The number of aliphatic hydroxyl groups is 1. The molecule has 0 saturated carbocycles. The molecule has 0 saturated heterocycles. The van der Waals surface area contributed by atoms with Crippen molar-refractivity contribution in [1.29, 1.82) is 0 Å². The molecule has 1 rings (SSSR count). The second-order valence-corrected chi connectivity index (χ2v) is 2.31. The van der Waals surface area contributed by atoms with E-state index >= 15 is 0 Å². The van der Waals surface area contributed by atoms with E-state index in [1.54, 1.807) is 0 Å². The molecule has 0 amide bonds. The maximum atomic E-state index is 12.0. The van der Waals surface area contributed by atoms with Crippen molar-refractivity contribution >= 4 is 0 Å². The Hall–Kier alpha value is -1.04. The van der Waals surface area contributed by atoms with Crippen molar-refractivity contribution < 1.29 is 18.3 Å². The summed E-state index contributed by atoms with van der Waals surface area (Å²) in [5, 5.41) is 8.55. The van der Waals surface area contributed by atoms with Crippen molar-refractivity contribution in [1.82, 2.24) is 9.55 Å². The van der Waals surface area contributed by atoms with Gasteiger partial charge in [-0.05, 0) is 0 Å². The lowest BCUT2D eigenvalue weighted by Gasteiger charge is -1.98. The van der Waals surface area contributed by atoms with Gasteiger partial charge < -0.3 is 9.67 Å². The van der Waals surface area contributed by atoms with E-state index in [0.29, 0.717) is 0 Å². The fraction of sp³-hybridized carbons (Fsp3) is 0.500. The van der Waals surface area contributed by atoms with Crippen LogP contribution < -0.4 is 0 Å². The Morgan fingerprint density at radius 1 is 1.58 bits per heavy atom. The summed E-state index contributed by atoms with van der Waals surface area (Å²) in [5.74, 6) is 0.00215. The molecule has 0 aliphatic rings. The Kier molecular flexibility index (Phi) is 2.10. The van der Waals surface area contributed by atoms with Crippen LogP contribution in [-0.2, 0) is 19.8 Å². The molecule has 0 atom stereocenters. The molecular weight excluding hydrogens is 173 g/mol. The first kappa shape index (κ1) is 9.05. The van der Waals surface area contributed by atoms with Gasteiger partial charge in [-0.15, -0.1) is 0 Å². The van der Waals surface area contributed by atoms with Crippen LogP contribution in [-0.4, -0.2) is 14.7 Å². The van der Waals surface area contributed by atoms with Gasteiger partial charge in [0.05, 0.1) is 0 Å². The van der Waals surface area contributed by atoms with Crippen LogP contribution >= 0.6 is 0 Å². The van der Waals surface area contributed by atoms with Gasteiger partial charge in [0.2, 0.25) is 0 Å². The van der Waals surface area contributed by atoms with Gasteiger partial charge in [0.25, 0.3) is 0 Å². The van der Waals surface area contributed by atoms with Crippen molar-refractivity contribution in [2.24, 2.45) is 7.05 Å². The molecular formula is C6H7F3N2O. The zero-order valence-electron chi connectivity index (χ0n) is 6.26. The Bertz CT molecular complexity index is 279. The lowest BCUT2D eigenvalue weighted by Crippen LogP contribution is -2.05. The summed E-state index contributed by atoms with van der Waals surface area (Å²) in [4.78, 5) is 3.19. The average molecular weight is 180 g/mol. The van der Waals surface area contributed by atoms with Crippen molar-refractivity contribution in [3.8, 4) is 0 Å². The van der Waals surface area contributed by atoms with E-state index in [-0.39, 0.29) is 5.82 Å². The monoisotopic (exact) mass is 180 g/mol. The summed E-state index contributed by atoms with van der Waals surface area (Å²) >= 11 is 0. The fourth-order valence-electron chi connectivity index (χ4n) is 0.788. The minimum Gasteiger partial charge on any atom is -0.388 e. The van der Waals surface area contributed by atoms with Crippen LogP contribution in [0.5, 0.6) is 0 Å². The molecule has 0 spiro atoms. The quantitative estimate of drug-likeness (QED) is 0.698. The first-order chi connectivity index (χ1) is 5.45. The first-order valence-electron chi connectivity index (χ1n) is 3.15. The Labute approximate surface area is 66.5 Å². The third-order valence-electron chi connectivity index (χ3n) is 1.40. The van der Waals surface area contributed by atoms with E-state index in [9.17, 15) is 13.2 Å². The molecule has 1 aromatic rings. The number of aromatic nitrogens is 2. The molecule has 0 aliphatic heterocycles. The van der Waals surface area contributed by atoms with Gasteiger partial charge in [-0.3, -0.25) is 0 Å². The molecule has 0 aliphatic carbocycles. The highest BCUT2D eigenvalue weighted by Crippen LogP contribution is 2.27. The molecule has 12 heavy (non-hydrogen) atoms. The van der Waals surface area contributed by atoms with Crippen molar-refractivity contribution in [3.63, 3.8) is 0 Å². The minimum atomic E-state index is -4.44. The highest BCUT2D eigenvalue weighted by atomic mass is 19.4. The SMILES string of the molecule is Cn1cc(C(F)(F)F)nc1CO. The van der Waals surface area contributed by atoms with Crippen LogP contribution in [0, 0.1) is 0 Å². The van der Waals surface area contributed by atoms with E-state index in [1.807, 2.05) is 0 Å². The van der Waals surface area contributed by atoms with Crippen LogP contribution in [0.15, 0.2) is 6.20 Å². The Morgan fingerprint density at radius 2 is 2.17 bits per heavy atom. The second-order valence-electron chi connectivity index (χ2n) is 2.31. The van der Waals surface area contributed by atoms with E-state index in [0.717, 1.165) is 10.8 Å². The molecule has 68 valence electrons. The van der Waals surface area contributed by atoms with E-state index in [1.165, 1.54) is 7.05 Å². The average Bonchev–Trinajstić information content (AvgIpc) is 2.29. The Morgan fingerprint density at radius 3 is 2.42 bits per heavy atom. The molecule has 6 heteroatoms. The number of imidazole rings is 1. The fourth-order valence-corrected chi connectivity index (χ4v) is 0.788. The number of alkyl halides is 3. The standard InChI is InChI=1S/C6H7F3N2O/c1-11-2-4(6(7,8)9)10-5(11)3-12/h2,12H,3H2,1H3. The summed E-state index contributed by atoms with van der Waals surface area (Å²) in [7, 11) is 1.40. The molecule has 0 aromatic carbocycles. The zero-order valence-corrected chi connectivity index (χ0v) is 6.26. The number of aryl methyl sites for hydroxylation is 1. The summed E-state index contributed by atoms with van der Waals surface area (Å²) in [6.45, 7) is -0.493. The predicted molar refractivity (Wildman–Crippen MR) is 34.1 cm³/mol. The lowest BCUT2D eigenvalue weighted by atomic mass is 10.5. The molecule has 1 heterocycles. The molecule has 0 bridgehead atoms. The van der Waals surface area contributed by atoms with Crippen LogP contribution in [0.1, 0.15) is 11.5 Å². The van der Waals surface area contributed by atoms with Crippen LogP contribution in [0.25, 0.3) is 0 Å². The van der Waals surface area contributed by atoms with Gasteiger partial charge in [-0.2, -0.15) is 13.2 Å². The van der Waals surface area contributed by atoms with Crippen molar-refractivity contribution in [3.05, 3.63) is 17.7 Å². The molecule has 0 radical (unpaired) electrons. The van der Waals surface area contributed by atoms with Crippen molar-refractivity contribution in [2.75, 3.05) is 0 Å². The first-order valence-corrected chi connectivity index (χ1v) is 3.15. The van der Waals surface area contributed by atoms with Crippen LogP contribution in [0.2, 0.25) is 0 Å². The topological polar surface area (TPSA) is 38.0 Å². The van der Waals surface area contributed by atoms with Gasteiger partial charge in [-0.25, -0.2) is 4.98 Å². The number of halogens is 3. The highest BCUT2D eigenvalue weighted by molar-refractivity contribution is 5.06. The third-order valence-corrected chi connectivity index (χ3v) is 1.40. The van der Waals surface area contributed by atoms with Gasteiger partial charge in [0.15, 0.2) is 5.69 Å². The van der Waals surface area contributed by atoms with Gasteiger partial charge in [0.1, 0.15) is 12.4 Å². The number of nitrogens with zero attached hydrogens (tertiary/aromatic N) is 2. The molecule has 3 nitrogen and oxygen atoms in total. The largest absolute Gasteiger partial charge is 0.434 e. The number of aliphatic hydroxyl groups excluding tert-OH is 1. The predicted octanol–water partition coefficient (Wildman–Crippen LogP) is 0.931. The normalized spacial score (nSPS) is 12.1. The summed E-state index contributed by atoms with van der Waals surface area (Å²) in [6, 6.07) is 0. The second kappa shape index (κ2) is 2.78. The third kappa shape index (κ3) is 1.58. The van der Waals surface area contributed by atoms with Crippen molar-refractivity contribution in [2.45, 2.75) is 12.8 Å². The number of hydrogen-bond acceptors (Lipinski definition) is 2. The Balaban J connectivity index is 3.05. The maximum Gasteiger partial charge on any atom is 0.434 e. The number of rotatable bonds is 1. The summed E-state index contributed by atoms with van der Waals surface area (Å²) in [5.41, 5.74) is -0.978. The number of hydrogen-bond donors (Lipinski definition) is 1. The molecule has 0 unspecified atom stereocenters. The van der Waals surface area contributed by atoms with Crippen LogP contribution in [0.4, 0.5) is 13.2 Å². The van der Waals surface area contributed by atoms with Gasteiger partial charge >= 0.3 is 6.18 Å². The van der Waals surface area contributed by atoms with Crippen LogP contribution in [0.3, 0.4) is 0 Å². The van der Waals surface area contributed by atoms with Gasteiger partial charge in [0, 0.05) is 13.2 Å². The summed E-state index contributed by atoms with van der Waals surface area (Å²) in [6.07, 6.45) is -3.60. The molecule has 0 fully saturated rings. The van der Waals surface area contributed by atoms with E-state index in [2.05, 4.69) is 4.98 Å². The zero-order chi connectivity index (χ0) is 9.35.